The Bertz CT molecular complexity index is 396. The molecule has 0 saturated carbocycles. The molecule has 0 spiro atoms. The van der Waals surface area contributed by atoms with Crippen LogP contribution in [0.5, 0.6) is 5.75 Å². The van der Waals surface area contributed by atoms with E-state index in [0.717, 1.165) is 0 Å². The summed E-state index contributed by atoms with van der Waals surface area (Å²) in [6, 6.07) is 5.13. The Labute approximate surface area is 108 Å². The third kappa shape index (κ3) is 4.34. The van der Waals surface area contributed by atoms with Crippen molar-refractivity contribution in [3.63, 3.8) is 0 Å². The van der Waals surface area contributed by atoms with E-state index < -0.39 is 6.17 Å². The van der Waals surface area contributed by atoms with Crippen LogP contribution in [0.2, 0.25) is 0 Å². The Kier molecular flexibility index (Phi) is 5.41. The van der Waals surface area contributed by atoms with Crippen LogP contribution < -0.4 is 10.1 Å². The van der Waals surface area contributed by atoms with Gasteiger partial charge in [-0.05, 0) is 47.5 Å². The van der Waals surface area contributed by atoms with Gasteiger partial charge in [-0.25, -0.2) is 4.39 Å². The Morgan fingerprint density at radius 2 is 2.29 bits per heavy atom. The molecule has 1 amide bonds. The van der Waals surface area contributed by atoms with Gasteiger partial charge in [-0.1, -0.05) is 0 Å². The number of ether oxygens (including phenoxy) is 1. The van der Waals surface area contributed by atoms with Crippen LogP contribution in [-0.4, -0.2) is 25.7 Å². The number of carbonyl (C=O) groups is 1. The third-order valence-electron chi connectivity index (χ3n) is 2.25. The molecule has 0 saturated heterocycles. The summed E-state index contributed by atoms with van der Waals surface area (Å²) in [5, 5.41) is 2.66. The summed E-state index contributed by atoms with van der Waals surface area (Å²) in [5.41, 5.74) is 0.482. The van der Waals surface area contributed by atoms with E-state index in [4.69, 9.17) is 4.74 Å². The molecule has 0 aliphatic heterocycles. The van der Waals surface area contributed by atoms with Crippen LogP contribution in [0, 0.1) is 0 Å². The molecule has 94 valence electrons. The van der Waals surface area contributed by atoms with Crippen LogP contribution in [0.3, 0.4) is 0 Å². The Morgan fingerprint density at radius 1 is 1.59 bits per heavy atom. The molecule has 1 N–H and O–H groups in total. The smallest absolute Gasteiger partial charge is 0.252 e. The number of amides is 1. The lowest BCUT2D eigenvalue weighted by Gasteiger charge is -2.08. The first-order valence-electron chi connectivity index (χ1n) is 5.30. The van der Waals surface area contributed by atoms with Gasteiger partial charge in [0.05, 0.1) is 18.8 Å². The summed E-state index contributed by atoms with van der Waals surface area (Å²) in [5.74, 6) is 0.369. The average Bonchev–Trinajstić information content (AvgIpc) is 2.29. The highest BCUT2D eigenvalue weighted by molar-refractivity contribution is 9.10. The number of alkyl halides is 1. The fraction of sp³-hybridized carbons (Fsp3) is 0.417. The highest BCUT2D eigenvalue weighted by Gasteiger charge is 2.11. The molecule has 3 nitrogen and oxygen atoms in total. The van der Waals surface area contributed by atoms with Gasteiger partial charge in [-0.3, -0.25) is 4.79 Å². The Morgan fingerprint density at radius 3 is 2.88 bits per heavy atom. The zero-order chi connectivity index (χ0) is 12.8. The van der Waals surface area contributed by atoms with Gasteiger partial charge in [-0.2, -0.15) is 0 Å². The molecule has 1 aromatic rings. The zero-order valence-corrected chi connectivity index (χ0v) is 11.4. The van der Waals surface area contributed by atoms with E-state index in [1.54, 1.807) is 18.2 Å². The normalized spacial score (nSPS) is 12.0. The number of rotatable bonds is 5. The minimum absolute atomic E-state index is 0.239. The van der Waals surface area contributed by atoms with Crippen LogP contribution in [0.4, 0.5) is 4.39 Å². The fourth-order valence-corrected chi connectivity index (χ4v) is 1.71. The first-order valence-corrected chi connectivity index (χ1v) is 6.09. The number of halogens is 2. The Balaban J connectivity index is 2.67. The van der Waals surface area contributed by atoms with Gasteiger partial charge in [0.25, 0.3) is 5.91 Å². The first kappa shape index (κ1) is 14.0. The maximum atomic E-state index is 12.6. The monoisotopic (exact) mass is 303 g/mol. The summed E-state index contributed by atoms with van der Waals surface area (Å²) in [6.07, 6.45) is -0.600. The lowest BCUT2D eigenvalue weighted by atomic mass is 10.2. The van der Waals surface area contributed by atoms with E-state index in [0.29, 0.717) is 28.8 Å². The molecule has 0 aliphatic rings. The van der Waals surface area contributed by atoms with Crippen molar-refractivity contribution < 1.29 is 13.9 Å². The Hall–Kier alpha value is -1.10. The minimum atomic E-state index is -0.913. The van der Waals surface area contributed by atoms with Crippen LogP contribution in [0.1, 0.15) is 23.7 Å². The SMILES string of the molecule is COc1ccc(Br)c(C(=O)NCCC(C)F)c1. The molecule has 0 heterocycles. The average molecular weight is 304 g/mol. The summed E-state index contributed by atoms with van der Waals surface area (Å²) < 4.78 is 18.3. The van der Waals surface area contributed by atoms with Gasteiger partial charge in [0, 0.05) is 11.0 Å². The number of carbonyl (C=O) groups excluding carboxylic acids is 1. The van der Waals surface area contributed by atoms with Gasteiger partial charge in [-0.15, -0.1) is 0 Å². The molecule has 0 fully saturated rings. The van der Waals surface area contributed by atoms with Crippen molar-refractivity contribution in [2.45, 2.75) is 19.5 Å². The number of benzene rings is 1. The van der Waals surface area contributed by atoms with Gasteiger partial charge in [0.2, 0.25) is 0 Å². The van der Waals surface area contributed by atoms with Crippen molar-refractivity contribution in [3.05, 3.63) is 28.2 Å². The van der Waals surface area contributed by atoms with E-state index in [1.165, 1.54) is 14.0 Å². The van der Waals surface area contributed by atoms with Crippen molar-refractivity contribution in [2.24, 2.45) is 0 Å². The highest BCUT2D eigenvalue weighted by atomic mass is 79.9. The predicted molar refractivity (Wildman–Crippen MR) is 68.2 cm³/mol. The second kappa shape index (κ2) is 6.59. The van der Waals surface area contributed by atoms with Gasteiger partial charge in [0.15, 0.2) is 0 Å². The van der Waals surface area contributed by atoms with E-state index in [9.17, 15) is 9.18 Å². The van der Waals surface area contributed by atoms with Crippen LogP contribution in [0.15, 0.2) is 22.7 Å². The molecular formula is C12H15BrFNO2. The second-order valence-corrected chi connectivity index (χ2v) is 4.53. The molecule has 0 aromatic heterocycles. The van der Waals surface area contributed by atoms with Crippen molar-refractivity contribution in [1.82, 2.24) is 5.32 Å². The minimum Gasteiger partial charge on any atom is -0.497 e. The van der Waals surface area contributed by atoms with Crippen molar-refractivity contribution in [2.75, 3.05) is 13.7 Å². The number of methoxy groups -OCH3 is 1. The first-order chi connectivity index (χ1) is 8.04. The number of hydrogen-bond acceptors (Lipinski definition) is 2. The summed E-state index contributed by atoms with van der Waals surface area (Å²) in [4.78, 5) is 11.8. The lowest BCUT2D eigenvalue weighted by Crippen LogP contribution is -2.26. The van der Waals surface area contributed by atoms with E-state index in [2.05, 4.69) is 21.2 Å². The third-order valence-corrected chi connectivity index (χ3v) is 2.94. The van der Waals surface area contributed by atoms with Crippen molar-refractivity contribution >= 4 is 21.8 Å². The molecule has 0 radical (unpaired) electrons. The van der Waals surface area contributed by atoms with Gasteiger partial charge < -0.3 is 10.1 Å². The second-order valence-electron chi connectivity index (χ2n) is 3.67. The molecule has 1 rings (SSSR count). The molecule has 0 aliphatic carbocycles. The molecular weight excluding hydrogens is 289 g/mol. The summed E-state index contributed by atoms with van der Waals surface area (Å²) >= 11 is 3.29. The highest BCUT2D eigenvalue weighted by Crippen LogP contribution is 2.22. The molecule has 1 aromatic carbocycles. The summed E-state index contributed by atoms with van der Waals surface area (Å²) in [6.45, 7) is 1.79. The van der Waals surface area contributed by atoms with E-state index >= 15 is 0 Å². The molecule has 1 atom stereocenters. The standard InChI is InChI=1S/C12H15BrFNO2/c1-8(14)5-6-15-12(16)10-7-9(17-2)3-4-11(10)13/h3-4,7-8H,5-6H2,1-2H3,(H,15,16). The van der Waals surface area contributed by atoms with Gasteiger partial charge >= 0.3 is 0 Å². The predicted octanol–water partition coefficient (Wildman–Crippen LogP) is 2.94. The number of hydrogen-bond donors (Lipinski definition) is 1. The summed E-state index contributed by atoms with van der Waals surface area (Å²) in [7, 11) is 1.54. The van der Waals surface area contributed by atoms with Crippen molar-refractivity contribution in [1.29, 1.82) is 0 Å². The largest absolute Gasteiger partial charge is 0.497 e. The number of nitrogens with one attached hydrogen (secondary N) is 1. The fourth-order valence-electron chi connectivity index (χ4n) is 1.29. The molecule has 5 heteroatoms. The van der Waals surface area contributed by atoms with Crippen LogP contribution in [-0.2, 0) is 0 Å². The molecule has 1 unspecified atom stereocenters. The quantitative estimate of drug-likeness (QED) is 0.908. The van der Waals surface area contributed by atoms with E-state index in [1.807, 2.05) is 0 Å². The van der Waals surface area contributed by atoms with Crippen LogP contribution in [0.25, 0.3) is 0 Å². The molecule has 17 heavy (non-hydrogen) atoms. The topological polar surface area (TPSA) is 38.3 Å². The van der Waals surface area contributed by atoms with Crippen molar-refractivity contribution in [3.8, 4) is 5.75 Å². The van der Waals surface area contributed by atoms with Crippen LogP contribution >= 0.6 is 15.9 Å². The maximum absolute atomic E-state index is 12.6. The van der Waals surface area contributed by atoms with E-state index in [-0.39, 0.29) is 5.91 Å². The molecule has 0 bridgehead atoms. The zero-order valence-electron chi connectivity index (χ0n) is 9.80. The maximum Gasteiger partial charge on any atom is 0.252 e. The lowest BCUT2D eigenvalue weighted by molar-refractivity contribution is 0.0949. The van der Waals surface area contributed by atoms with Gasteiger partial charge in [0.1, 0.15) is 5.75 Å².